The van der Waals surface area contributed by atoms with Crippen LogP contribution in [0, 0.1) is 0 Å². The van der Waals surface area contributed by atoms with Gasteiger partial charge in [-0.1, -0.05) is 0 Å². The van der Waals surface area contributed by atoms with Crippen molar-refractivity contribution in [2.75, 3.05) is 11.5 Å². The van der Waals surface area contributed by atoms with Crippen LogP contribution in [0.15, 0.2) is 34.1 Å². The van der Waals surface area contributed by atoms with Crippen LogP contribution < -0.4 is 11.5 Å². The summed E-state index contributed by atoms with van der Waals surface area (Å²) >= 11 is 8.50. The fraction of sp³-hybridized carbons (Fsp3) is 0. The molecule has 0 radical (unpaired) electrons. The highest BCUT2D eigenvalue weighted by Crippen LogP contribution is 2.29. The summed E-state index contributed by atoms with van der Waals surface area (Å²) in [5.41, 5.74) is 12.8. The molecule has 0 fully saturated rings. The molecular formula is C10H10N2S2. The maximum absolute atomic E-state index is 5.74. The average Bonchev–Trinajstić information content (AvgIpc) is 2.11. The molecule has 2 rings (SSSR count). The number of anilines is 2. The van der Waals surface area contributed by atoms with E-state index in [2.05, 4.69) is 25.3 Å². The zero-order valence-corrected chi connectivity index (χ0v) is 9.15. The Morgan fingerprint density at radius 3 is 1.43 bits per heavy atom. The van der Waals surface area contributed by atoms with Crippen molar-refractivity contribution in [3.05, 3.63) is 24.3 Å². The quantitative estimate of drug-likeness (QED) is 0.409. The largest absolute Gasteiger partial charge is 0.398 e. The van der Waals surface area contributed by atoms with Gasteiger partial charge in [-0.2, -0.15) is 0 Å². The molecule has 2 aromatic carbocycles. The number of nitrogens with two attached hydrogens (primary N) is 2. The van der Waals surface area contributed by atoms with Gasteiger partial charge in [0.25, 0.3) is 0 Å². The first-order chi connectivity index (χ1) is 6.58. The molecular weight excluding hydrogens is 212 g/mol. The summed E-state index contributed by atoms with van der Waals surface area (Å²) in [6, 6.07) is 7.54. The van der Waals surface area contributed by atoms with Crippen LogP contribution in [0.25, 0.3) is 10.8 Å². The van der Waals surface area contributed by atoms with Crippen molar-refractivity contribution >= 4 is 47.4 Å². The van der Waals surface area contributed by atoms with Crippen molar-refractivity contribution in [1.29, 1.82) is 0 Å². The lowest BCUT2D eigenvalue weighted by atomic mass is 10.1. The van der Waals surface area contributed by atoms with Crippen molar-refractivity contribution < 1.29 is 0 Å². The molecule has 4 heteroatoms. The SMILES string of the molecule is Nc1cc2cc(S)c(N)cc2cc1S. The fourth-order valence-electron chi connectivity index (χ4n) is 1.36. The van der Waals surface area contributed by atoms with E-state index >= 15 is 0 Å². The van der Waals surface area contributed by atoms with E-state index in [4.69, 9.17) is 11.5 Å². The molecule has 0 aliphatic carbocycles. The molecule has 0 aliphatic rings. The third kappa shape index (κ3) is 1.51. The molecule has 0 saturated carbocycles. The van der Waals surface area contributed by atoms with Crippen LogP contribution in [0.4, 0.5) is 11.4 Å². The van der Waals surface area contributed by atoms with Crippen LogP contribution in [0.3, 0.4) is 0 Å². The number of rotatable bonds is 0. The van der Waals surface area contributed by atoms with Crippen LogP contribution in [-0.2, 0) is 0 Å². The Labute approximate surface area is 93.1 Å². The van der Waals surface area contributed by atoms with Gasteiger partial charge in [-0.3, -0.25) is 0 Å². The zero-order valence-electron chi connectivity index (χ0n) is 7.36. The van der Waals surface area contributed by atoms with Gasteiger partial charge in [0.05, 0.1) is 0 Å². The van der Waals surface area contributed by atoms with Crippen molar-refractivity contribution in [3.63, 3.8) is 0 Å². The predicted molar refractivity (Wildman–Crippen MR) is 67.3 cm³/mol. The Hall–Kier alpha value is -1.00. The molecule has 0 aromatic heterocycles. The minimum Gasteiger partial charge on any atom is -0.398 e. The third-order valence-electron chi connectivity index (χ3n) is 2.13. The molecule has 2 aromatic rings. The first kappa shape index (κ1) is 9.55. The monoisotopic (exact) mass is 222 g/mol. The maximum atomic E-state index is 5.74. The molecule has 0 saturated heterocycles. The highest BCUT2D eigenvalue weighted by Gasteiger charge is 2.02. The summed E-state index contributed by atoms with van der Waals surface area (Å²) < 4.78 is 0. The fourth-order valence-corrected chi connectivity index (χ4v) is 1.77. The van der Waals surface area contributed by atoms with E-state index in [0.717, 1.165) is 20.6 Å². The van der Waals surface area contributed by atoms with Crippen molar-refractivity contribution in [2.45, 2.75) is 9.79 Å². The molecule has 72 valence electrons. The minimum absolute atomic E-state index is 0.665. The van der Waals surface area contributed by atoms with Gasteiger partial charge in [-0.15, -0.1) is 25.3 Å². The summed E-state index contributed by atoms with van der Waals surface area (Å²) in [5.74, 6) is 0. The number of benzene rings is 2. The Morgan fingerprint density at radius 2 is 1.07 bits per heavy atom. The standard InChI is InChI=1S/C10H10N2S2/c11-7-1-5-3-10(14)8(12)2-6(5)4-9(7)13/h1-4,13-14H,11-12H2. The van der Waals surface area contributed by atoms with Gasteiger partial charge in [-0.05, 0) is 35.0 Å². The molecule has 0 aliphatic heterocycles. The first-order valence-electron chi connectivity index (χ1n) is 4.08. The molecule has 2 nitrogen and oxygen atoms in total. The average molecular weight is 222 g/mol. The zero-order chi connectivity index (χ0) is 10.3. The molecule has 0 heterocycles. The van der Waals surface area contributed by atoms with Crippen LogP contribution >= 0.6 is 25.3 Å². The van der Waals surface area contributed by atoms with E-state index in [0.29, 0.717) is 11.4 Å². The Bertz CT molecular complexity index is 420. The highest BCUT2D eigenvalue weighted by atomic mass is 32.1. The second-order valence-corrected chi connectivity index (χ2v) is 4.13. The molecule has 0 atom stereocenters. The van der Waals surface area contributed by atoms with Gasteiger partial charge in [0.2, 0.25) is 0 Å². The number of fused-ring (bicyclic) bond motifs is 1. The van der Waals surface area contributed by atoms with Crippen LogP contribution in [-0.4, -0.2) is 0 Å². The molecule has 0 spiro atoms. The smallest absolute Gasteiger partial charge is 0.0456 e. The predicted octanol–water partition coefficient (Wildman–Crippen LogP) is 2.58. The van der Waals surface area contributed by atoms with E-state index in [-0.39, 0.29) is 0 Å². The second-order valence-electron chi connectivity index (χ2n) is 3.17. The Balaban J connectivity index is 2.83. The minimum atomic E-state index is 0.665. The normalized spacial score (nSPS) is 10.7. The molecule has 0 unspecified atom stereocenters. The van der Waals surface area contributed by atoms with Gasteiger partial charge in [0, 0.05) is 21.2 Å². The van der Waals surface area contributed by atoms with Crippen molar-refractivity contribution in [1.82, 2.24) is 0 Å². The lowest BCUT2D eigenvalue weighted by molar-refractivity contribution is 1.47. The van der Waals surface area contributed by atoms with Gasteiger partial charge < -0.3 is 11.5 Å². The van der Waals surface area contributed by atoms with Gasteiger partial charge in [0.15, 0.2) is 0 Å². The van der Waals surface area contributed by atoms with Gasteiger partial charge in [0.1, 0.15) is 0 Å². The van der Waals surface area contributed by atoms with Crippen molar-refractivity contribution in [3.8, 4) is 0 Å². The summed E-state index contributed by atoms with van der Waals surface area (Å²) in [4.78, 5) is 1.53. The van der Waals surface area contributed by atoms with E-state index in [1.165, 1.54) is 0 Å². The molecule has 14 heavy (non-hydrogen) atoms. The van der Waals surface area contributed by atoms with Crippen LogP contribution in [0.5, 0.6) is 0 Å². The number of nitrogen functional groups attached to an aromatic ring is 2. The number of thiol groups is 2. The topological polar surface area (TPSA) is 52.0 Å². The van der Waals surface area contributed by atoms with E-state index < -0.39 is 0 Å². The molecule has 4 N–H and O–H groups in total. The Kier molecular flexibility index (Phi) is 2.25. The molecule has 0 amide bonds. The number of hydrogen-bond donors (Lipinski definition) is 4. The van der Waals surface area contributed by atoms with E-state index in [9.17, 15) is 0 Å². The molecule has 0 bridgehead atoms. The van der Waals surface area contributed by atoms with Crippen LogP contribution in [0.1, 0.15) is 0 Å². The van der Waals surface area contributed by atoms with Gasteiger partial charge >= 0.3 is 0 Å². The van der Waals surface area contributed by atoms with E-state index in [1.807, 2.05) is 24.3 Å². The highest BCUT2D eigenvalue weighted by molar-refractivity contribution is 7.80. The Morgan fingerprint density at radius 1 is 0.714 bits per heavy atom. The lowest BCUT2D eigenvalue weighted by Crippen LogP contribution is -1.90. The summed E-state index contributed by atoms with van der Waals surface area (Å²) in [7, 11) is 0. The first-order valence-corrected chi connectivity index (χ1v) is 4.98. The van der Waals surface area contributed by atoms with Gasteiger partial charge in [-0.25, -0.2) is 0 Å². The van der Waals surface area contributed by atoms with Crippen LogP contribution in [0.2, 0.25) is 0 Å². The lowest BCUT2D eigenvalue weighted by Gasteiger charge is -2.06. The van der Waals surface area contributed by atoms with Crippen molar-refractivity contribution in [2.24, 2.45) is 0 Å². The summed E-state index contributed by atoms with van der Waals surface area (Å²) in [5, 5.41) is 2.05. The third-order valence-corrected chi connectivity index (χ3v) is 2.91. The maximum Gasteiger partial charge on any atom is 0.0456 e. The summed E-state index contributed by atoms with van der Waals surface area (Å²) in [6.07, 6.45) is 0. The van der Waals surface area contributed by atoms with E-state index in [1.54, 1.807) is 0 Å². The summed E-state index contributed by atoms with van der Waals surface area (Å²) in [6.45, 7) is 0. The number of hydrogen-bond acceptors (Lipinski definition) is 4. The second kappa shape index (κ2) is 3.29.